The molecule has 1 N–H and O–H groups in total. The Labute approximate surface area is 136 Å². The molecule has 0 bridgehead atoms. The molecule has 4 amide bonds. The molecule has 2 heterocycles. The number of carbonyl (C=O) groups excluding carboxylic acids is 3. The Morgan fingerprint density at radius 3 is 2.48 bits per heavy atom. The van der Waals surface area contributed by atoms with Gasteiger partial charge in [0.2, 0.25) is 0 Å². The van der Waals surface area contributed by atoms with Gasteiger partial charge in [-0.1, -0.05) is 23.7 Å². The normalized spacial score (nSPS) is 16.9. The summed E-state index contributed by atoms with van der Waals surface area (Å²) in [7, 11) is 1.79. The molecular formula is C16H12ClN3O3. The van der Waals surface area contributed by atoms with Crippen LogP contribution in [0.1, 0.15) is 5.69 Å². The van der Waals surface area contributed by atoms with Crippen molar-refractivity contribution in [3.8, 4) is 0 Å². The molecule has 0 radical (unpaired) electrons. The van der Waals surface area contributed by atoms with Gasteiger partial charge in [-0.25, -0.2) is 9.69 Å². The highest BCUT2D eigenvalue weighted by atomic mass is 35.5. The van der Waals surface area contributed by atoms with Crippen LogP contribution in [0.4, 0.5) is 10.5 Å². The third-order valence-corrected chi connectivity index (χ3v) is 3.79. The van der Waals surface area contributed by atoms with Crippen molar-refractivity contribution < 1.29 is 14.4 Å². The van der Waals surface area contributed by atoms with Crippen LogP contribution in [0.25, 0.3) is 6.08 Å². The van der Waals surface area contributed by atoms with Crippen molar-refractivity contribution in [1.82, 2.24) is 9.88 Å². The number of carbonyl (C=O) groups is 3. The van der Waals surface area contributed by atoms with Gasteiger partial charge in [-0.3, -0.25) is 14.9 Å². The maximum atomic E-state index is 12.6. The summed E-state index contributed by atoms with van der Waals surface area (Å²) < 4.78 is 1.75. The second-order valence-corrected chi connectivity index (χ2v) is 5.36. The molecule has 0 unspecified atom stereocenters. The molecule has 1 aromatic carbocycles. The summed E-state index contributed by atoms with van der Waals surface area (Å²) in [6.45, 7) is 0. The van der Waals surface area contributed by atoms with Crippen LogP contribution in [0, 0.1) is 0 Å². The lowest BCUT2D eigenvalue weighted by Crippen LogP contribution is -2.54. The summed E-state index contributed by atoms with van der Waals surface area (Å²) in [4.78, 5) is 37.6. The van der Waals surface area contributed by atoms with E-state index in [0.29, 0.717) is 5.69 Å². The Balaban J connectivity index is 2.07. The smallest absolute Gasteiger partial charge is 0.335 e. The van der Waals surface area contributed by atoms with E-state index in [1.54, 1.807) is 48.1 Å². The standard InChI is InChI=1S/C16H12ClN3O3/c1-19-8-4-5-10(19)9-11-14(21)18-16(23)20(15(11)22)13-7-3-2-6-12(13)17/h2-9H,1H3,(H,18,21,23). The minimum atomic E-state index is -0.822. The fourth-order valence-electron chi connectivity index (χ4n) is 2.28. The second-order valence-electron chi connectivity index (χ2n) is 4.95. The van der Waals surface area contributed by atoms with Crippen LogP contribution in [0.15, 0.2) is 48.2 Å². The van der Waals surface area contributed by atoms with Crippen molar-refractivity contribution in [2.75, 3.05) is 4.90 Å². The van der Waals surface area contributed by atoms with E-state index in [-0.39, 0.29) is 16.3 Å². The number of hydrogen-bond acceptors (Lipinski definition) is 3. The number of aryl methyl sites for hydroxylation is 1. The maximum absolute atomic E-state index is 12.6. The maximum Gasteiger partial charge on any atom is 0.335 e. The summed E-state index contributed by atoms with van der Waals surface area (Å²) in [5, 5.41) is 2.40. The van der Waals surface area contributed by atoms with Gasteiger partial charge in [0.05, 0.1) is 10.7 Å². The highest BCUT2D eigenvalue weighted by Gasteiger charge is 2.37. The van der Waals surface area contributed by atoms with E-state index in [1.165, 1.54) is 12.1 Å². The van der Waals surface area contributed by atoms with Crippen LogP contribution in [-0.2, 0) is 16.6 Å². The number of halogens is 1. The van der Waals surface area contributed by atoms with Crippen LogP contribution < -0.4 is 10.2 Å². The zero-order valence-electron chi connectivity index (χ0n) is 12.1. The number of anilines is 1. The summed E-state index contributed by atoms with van der Waals surface area (Å²) in [5.74, 6) is -1.45. The van der Waals surface area contributed by atoms with E-state index in [4.69, 9.17) is 11.6 Å². The third-order valence-electron chi connectivity index (χ3n) is 3.47. The number of barbiturate groups is 1. The van der Waals surface area contributed by atoms with Gasteiger partial charge in [-0.15, -0.1) is 0 Å². The molecule has 1 aliphatic rings. The zero-order valence-corrected chi connectivity index (χ0v) is 12.9. The average molecular weight is 330 g/mol. The van der Waals surface area contributed by atoms with Crippen LogP contribution in [0.3, 0.4) is 0 Å². The monoisotopic (exact) mass is 329 g/mol. The van der Waals surface area contributed by atoms with Crippen molar-refractivity contribution in [1.29, 1.82) is 0 Å². The van der Waals surface area contributed by atoms with Gasteiger partial charge in [0.25, 0.3) is 11.8 Å². The largest absolute Gasteiger partial charge is 0.351 e. The lowest BCUT2D eigenvalue weighted by molar-refractivity contribution is -0.122. The van der Waals surface area contributed by atoms with Gasteiger partial charge in [0.1, 0.15) is 5.57 Å². The third kappa shape index (κ3) is 2.64. The van der Waals surface area contributed by atoms with E-state index < -0.39 is 17.8 Å². The topological polar surface area (TPSA) is 71.4 Å². The molecule has 7 heteroatoms. The van der Waals surface area contributed by atoms with Crippen molar-refractivity contribution in [3.05, 3.63) is 58.9 Å². The number of urea groups is 1. The van der Waals surface area contributed by atoms with Crippen molar-refractivity contribution in [2.45, 2.75) is 0 Å². The molecular weight excluding hydrogens is 318 g/mol. The highest BCUT2D eigenvalue weighted by molar-refractivity contribution is 6.42. The number of amides is 4. The van der Waals surface area contributed by atoms with E-state index >= 15 is 0 Å². The summed E-state index contributed by atoms with van der Waals surface area (Å²) in [6, 6.07) is 9.16. The summed E-state index contributed by atoms with van der Waals surface area (Å²) in [5.41, 5.74) is 0.755. The molecule has 1 fully saturated rings. The minimum Gasteiger partial charge on any atom is -0.351 e. The predicted molar refractivity (Wildman–Crippen MR) is 85.9 cm³/mol. The van der Waals surface area contributed by atoms with Crippen molar-refractivity contribution in [2.24, 2.45) is 7.05 Å². The van der Waals surface area contributed by atoms with E-state index in [9.17, 15) is 14.4 Å². The first-order chi connectivity index (χ1) is 11.0. The van der Waals surface area contributed by atoms with E-state index in [0.717, 1.165) is 4.90 Å². The van der Waals surface area contributed by atoms with Crippen molar-refractivity contribution in [3.63, 3.8) is 0 Å². The zero-order chi connectivity index (χ0) is 16.6. The molecule has 3 rings (SSSR count). The van der Waals surface area contributed by atoms with Gasteiger partial charge in [-0.2, -0.15) is 0 Å². The molecule has 0 atom stereocenters. The summed E-state index contributed by atoms with van der Waals surface area (Å²) in [6.07, 6.45) is 3.22. The first-order valence-corrected chi connectivity index (χ1v) is 7.14. The predicted octanol–water partition coefficient (Wildman–Crippen LogP) is 2.34. The first kappa shape index (κ1) is 15.1. The quantitative estimate of drug-likeness (QED) is 0.679. The molecule has 1 aromatic heterocycles. The van der Waals surface area contributed by atoms with E-state index in [1.807, 2.05) is 0 Å². The van der Waals surface area contributed by atoms with E-state index in [2.05, 4.69) is 5.32 Å². The van der Waals surface area contributed by atoms with Gasteiger partial charge < -0.3 is 4.57 Å². The van der Waals surface area contributed by atoms with Gasteiger partial charge in [-0.05, 0) is 30.3 Å². The second kappa shape index (κ2) is 5.73. The number of nitrogens with zero attached hydrogens (tertiary/aromatic N) is 2. The molecule has 116 valence electrons. The number of benzene rings is 1. The Kier molecular flexibility index (Phi) is 3.75. The van der Waals surface area contributed by atoms with Crippen LogP contribution in [-0.4, -0.2) is 22.4 Å². The Bertz CT molecular complexity index is 854. The lowest BCUT2D eigenvalue weighted by atomic mass is 10.1. The number of hydrogen-bond donors (Lipinski definition) is 1. The molecule has 6 nitrogen and oxygen atoms in total. The van der Waals surface area contributed by atoms with Crippen molar-refractivity contribution >= 4 is 41.2 Å². The van der Waals surface area contributed by atoms with Gasteiger partial charge in [0, 0.05) is 18.9 Å². The fraction of sp³-hybridized carbons (Fsp3) is 0.0625. The molecule has 0 spiro atoms. The Morgan fingerprint density at radius 1 is 1.09 bits per heavy atom. The first-order valence-electron chi connectivity index (χ1n) is 6.76. The lowest BCUT2D eigenvalue weighted by Gasteiger charge is -2.27. The molecule has 0 aliphatic carbocycles. The van der Waals surface area contributed by atoms with Crippen LogP contribution >= 0.6 is 11.6 Å². The molecule has 1 aliphatic heterocycles. The van der Waals surface area contributed by atoms with Crippen LogP contribution in [0.2, 0.25) is 5.02 Å². The van der Waals surface area contributed by atoms with Gasteiger partial charge >= 0.3 is 6.03 Å². The number of imide groups is 2. The number of nitrogens with one attached hydrogen (secondary N) is 1. The SMILES string of the molecule is Cn1cccc1C=C1C(=O)NC(=O)N(c2ccccc2Cl)C1=O. The molecule has 1 saturated heterocycles. The van der Waals surface area contributed by atoms with Gasteiger partial charge in [0.15, 0.2) is 0 Å². The number of rotatable bonds is 2. The number of aromatic nitrogens is 1. The Hall–Kier alpha value is -2.86. The van der Waals surface area contributed by atoms with Crippen LogP contribution in [0.5, 0.6) is 0 Å². The highest BCUT2D eigenvalue weighted by Crippen LogP contribution is 2.28. The molecule has 2 aromatic rings. The minimum absolute atomic E-state index is 0.133. The molecule has 0 saturated carbocycles. The average Bonchev–Trinajstić information content (AvgIpc) is 2.90. The summed E-state index contributed by atoms with van der Waals surface area (Å²) >= 11 is 6.06. The molecule has 23 heavy (non-hydrogen) atoms. The fourth-order valence-corrected chi connectivity index (χ4v) is 2.50. The number of para-hydroxylation sites is 1. The Morgan fingerprint density at radius 2 is 1.83 bits per heavy atom.